The second-order valence-corrected chi connectivity index (χ2v) is 7.99. The smallest absolute Gasteiger partial charge is 0.263 e. The van der Waals surface area contributed by atoms with Gasteiger partial charge >= 0.3 is 0 Å². The second-order valence-electron chi connectivity index (χ2n) is 6.70. The molecule has 1 saturated heterocycles. The van der Waals surface area contributed by atoms with Crippen LogP contribution in [-0.4, -0.2) is 29.8 Å². The quantitative estimate of drug-likeness (QED) is 0.675. The lowest BCUT2D eigenvalue weighted by atomic mass is 10.2. The molecule has 0 bridgehead atoms. The number of hydrogen-bond donors (Lipinski definition) is 1. The number of carbonyl (C=O) groups is 1. The molecule has 1 aliphatic heterocycles. The van der Waals surface area contributed by atoms with E-state index >= 15 is 0 Å². The number of anilines is 1. The highest BCUT2D eigenvalue weighted by Gasteiger charge is 2.24. The summed E-state index contributed by atoms with van der Waals surface area (Å²) < 4.78 is 13.9. The van der Waals surface area contributed by atoms with Crippen molar-refractivity contribution >= 4 is 39.3 Å². The first-order chi connectivity index (χ1) is 13.4. The van der Waals surface area contributed by atoms with Gasteiger partial charge in [0.1, 0.15) is 17.6 Å². The van der Waals surface area contributed by atoms with Gasteiger partial charge in [-0.2, -0.15) is 5.26 Å². The SMILES string of the molecule is Cc1c(C#N)c(NC(=O)COc2ccc(Cl)cc2Br)n(CC2CCCO2)c1C. The lowest BCUT2D eigenvalue weighted by Gasteiger charge is -2.17. The molecule has 1 aromatic carbocycles. The van der Waals surface area contributed by atoms with Gasteiger partial charge in [-0.3, -0.25) is 4.79 Å². The van der Waals surface area contributed by atoms with E-state index in [1.54, 1.807) is 18.2 Å². The molecular weight excluding hydrogens is 446 g/mol. The maximum atomic E-state index is 12.5. The van der Waals surface area contributed by atoms with Crippen LogP contribution in [-0.2, 0) is 16.1 Å². The van der Waals surface area contributed by atoms with E-state index in [1.165, 1.54) is 0 Å². The van der Waals surface area contributed by atoms with Crippen LogP contribution in [0.25, 0.3) is 0 Å². The average molecular weight is 467 g/mol. The first-order valence-corrected chi connectivity index (χ1v) is 10.2. The van der Waals surface area contributed by atoms with Crippen LogP contribution in [0.15, 0.2) is 22.7 Å². The lowest BCUT2D eigenvalue weighted by Crippen LogP contribution is -2.24. The largest absolute Gasteiger partial charge is 0.483 e. The Balaban J connectivity index is 1.75. The van der Waals surface area contributed by atoms with Gasteiger partial charge in [-0.25, -0.2) is 0 Å². The predicted octanol–water partition coefficient (Wildman–Crippen LogP) is 4.59. The first-order valence-electron chi connectivity index (χ1n) is 8.99. The minimum atomic E-state index is -0.343. The van der Waals surface area contributed by atoms with Crippen molar-refractivity contribution in [2.75, 3.05) is 18.5 Å². The molecule has 8 heteroatoms. The number of carbonyl (C=O) groups excluding carboxylic acids is 1. The van der Waals surface area contributed by atoms with Crippen molar-refractivity contribution in [3.63, 3.8) is 0 Å². The average Bonchev–Trinajstić information content (AvgIpc) is 3.24. The van der Waals surface area contributed by atoms with Crippen LogP contribution in [0.2, 0.25) is 5.02 Å². The van der Waals surface area contributed by atoms with E-state index in [0.29, 0.717) is 33.2 Å². The molecule has 0 radical (unpaired) electrons. The molecule has 6 nitrogen and oxygen atoms in total. The van der Waals surface area contributed by atoms with Crippen molar-refractivity contribution in [2.24, 2.45) is 0 Å². The highest BCUT2D eigenvalue weighted by molar-refractivity contribution is 9.10. The van der Waals surface area contributed by atoms with Gasteiger partial charge in [0.15, 0.2) is 6.61 Å². The Kier molecular flexibility index (Phi) is 6.65. The van der Waals surface area contributed by atoms with Gasteiger partial charge in [-0.1, -0.05) is 11.6 Å². The van der Waals surface area contributed by atoms with E-state index in [-0.39, 0.29) is 18.6 Å². The number of nitriles is 1. The molecule has 1 aliphatic rings. The topological polar surface area (TPSA) is 76.3 Å². The van der Waals surface area contributed by atoms with Crippen molar-refractivity contribution in [3.8, 4) is 11.8 Å². The van der Waals surface area contributed by atoms with Crippen LogP contribution >= 0.6 is 27.5 Å². The Morgan fingerprint density at radius 3 is 2.93 bits per heavy atom. The van der Waals surface area contributed by atoms with Gasteiger partial charge in [0, 0.05) is 17.3 Å². The van der Waals surface area contributed by atoms with Crippen molar-refractivity contribution in [2.45, 2.75) is 39.3 Å². The maximum absolute atomic E-state index is 12.5. The Bertz CT molecular complexity index is 930. The minimum Gasteiger partial charge on any atom is -0.483 e. The molecule has 2 heterocycles. The number of rotatable bonds is 6. The number of halogens is 2. The summed E-state index contributed by atoms with van der Waals surface area (Å²) in [6, 6.07) is 7.28. The van der Waals surface area contributed by atoms with Gasteiger partial charge in [0.2, 0.25) is 0 Å². The van der Waals surface area contributed by atoms with Crippen LogP contribution < -0.4 is 10.1 Å². The normalized spacial score (nSPS) is 16.0. The molecule has 1 aromatic heterocycles. The van der Waals surface area contributed by atoms with Gasteiger partial charge in [0.05, 0.1) is 22.7 Å². The molecule has 0 spiro atoms. The first kappa shape index (κ1) is 20.7. The second kappa shape index (κ2) is 8.99. The third kappa shape index (κ3) is 4.52. The summed E-state index contributed by atoms with van der Waals surface area (Å²) in [7, 11) is 0. The molecule has 1 N–H and O–H groups in total. The summed E-state index contributed by atoms with van der Waals surface area (Å²) >= 11 is 9.27. The number of amides is 1. The number of nitrogens with one attached hydrogen (secondary N) is 1. The van der Waals surface area contributed by atoms with E-state index in [2.05, 4.69) is 27.3 Å². The van der Waals surface area contributed by atoms with Crippen LogP contribution in [0.1, 0.15) is 29.7 Å². The highest BCUT2D eigenvalue weighted by Crippen LogP contribution is 2.29. The Morgan fingerprint density at radius 1 is 1.50 bits per heavy atom. The van der Waals surface area contributed by atoms with Crippen molar-refractivity contribution in [3.05, 3.63) is 44.5 Å². The molecule has 2 aromatic rings. The number of nitrogens with zero attached hydrogens (tertiary/aromatic N) is 2. The predicted molar refractivity (Wildman–Crippen MR) is 111 cm³/mol. The standard InChI is InChI=1S/C20H21BrClN3O3/c1-12-13(2)25(10-15-4-3-7-27-15)20(16(12)9-23)24-19(26)11-28-18-6-5-14(22)8-17(18)21/h5-6,8,15H,3-4,7,10-11H2,1-2H3,(H,24,26). The molecule has 0 saturated carbocycles. The van der Waals surface area contributed by atoms with Crippen molar-refractivity contribution < 1.29 is 14.3 Å². The van der Waals surface area contributed by atoms with Gasteiger partial charge in [-0.05, 0) is 66.4 Å². The summed E-state index contributed by atoms with van der Waals surface area (Å²) in [5.41, 5.74) is 2.28. The minimum absolute atomic E-state index is 0.0916. The number of ether oxygens (including phenoxy) is 2. The van der Waals surface area contributed by atoms with E-state index < -0.39 is 0 Å². The zero-order chi connectivity index (χ0) is 20.3. The van der Waals surface area contributed by atoms with Crippen LogP contribution in [0.3, 0.4) is 0 Å². The van der Waals surface area contributed by atoms with Crippen LogP contribution in [0, 0.1) is 25.2 Å². The molecule has 1 fully saturated rings. The molecule has 1 atom stereocenters. The van der Waals surface area contributed by atoms with Gasteiger partial charge < -0.3 is 19.4 Å². The molecular formula is C20H21BrClN3O3. The number of hydrogen-bond acceptors (Lipinski definition) is 4. The third-order valence-corrected chi connectivity index (χ3v) is 5.72. The van der Waals surface area contributed by atoms with E-state index in [9.17, 15) is 10.1 Å². The Labute approximate surface area is 177 Å². The third-order valence-electron chi connectivity index (χ3n) is 4.86. The summed E-state index contributed by atoms with van der Waals surface area (Å²) in [6.45, 7) is 5.00. The van der Waals surface area contributed by atoms with E-state index in [1.807, 2.05) is 18.4 Å². The zero-order valence-corrected chi connectivity index (χ0v) is 18.1. The van der Waals surface area contributed by atoms with E-state index in [4.69, 9.17) is 21.1 Å². The molecule has 1 unspecified atom stereocenters. The fourth-order valence-electron chi connectivity index (χ4n) is 3.25. The zero-order valence-electron chi connectivity index (χ0n) is 15.7. The summed E-state index contributed by atoms with van der Waals surface area (Å²) in [6.07, 6.45) is 2.09. The number of benzene rings is 1. The van der Waals surface area contributed by atoms with Crippen molar-refractivity contribution in [1.29, 1.82) is 5.26 Å². The molecule has 1 amide bonds. The monoisotopic (exact) mass is 465 g/mol. The molecule has 3 rings (SSSR count). The fourth-order valence-corrected chi connectivity index (χ4v) is 4.05. The molecule has 148 valence electrons. The molecule has 28 heavy (non-hydrogen) atoms. The fraction of sp³-hybridized carbons (Fsp3) is 0.400. The van der Waals surface area contributed by atoms with Crippen molar-refractivity contribution in [1.82, 2.24) is 4.57 Å². The van der Waals surface area contributed by atoms with E-state index in [0.717, 1.165) is 30.7 Å². The highest BCUT2D eigenvalue weighted by atomic mass is 79.9. The summed E-state index contributed by atoms with van der Waals surface area (Å²) in [5, 5.41) is 13.0. The molecule has 0 aliphatic carbocycles. The number of aromatic nitrogens is 1. The lowest BCUT2D eigenvalue weighted by molar-refractivity contribution is -0.118. The Hall–Kier alpha value is -2.01. The summed E-state index contributed by atoms with van der Waals surface area (Å²) in [4.78, 5) is 12.5. The van der Waals surface area contributed by atoms with Crippen LogP contribution in [0.4, 0.5) is 5.82 Å². The van der Waals surface area contributed by atoms with Gasteiger partial charge in [-0.15, -0.1) is 0 Å². The van der Waals surface area contributed by atoms with Crippen LogP contribution in [0.5, 0.6) is 5.75 Å². The summed E-state index contributed by atoms with van der Waals surface area (Å²) in [5.74, 6) is 0.670. The van der Waals surface area contributed by atoms with Gasteiger partial charge in [0.25, 0.3) is 5.91 Å². The Morgan fingerprint density at radius 2 is 2.29 bits per heavy atom. The maximum Gasteiger partial charge on any atom is 0.263 e.